The summed E-state index contributed by atoms with van der Waals surface area (Å²) in [7, 11) is 1.68. The molecule has 0 spiro atoms. The van der Waals surface area contributed by atoms with Crippen molar-refractivity contribution in [1.29, 1.82) is 0 Å². The second-order valence-electron chi connectivity index (χ2n) is 6.83. The molecule has 0 aromatic heterocycles. The average molecular weight is 326 g/mol. The summed E-state index contributed by atoms with van der Waals surface area (Å²) in [6.45, 7) is 2.94. The molecule has 0 saturated carbocycles. The van der Waals surface area contributed by atoms with Gasteiger partial charge < -0.3 is 14.8 Å². The summed E-state index contributed by atoms with van der Waals surface area (Å²) >= 11 is 0. The molecule has 3 aliphatic rings. The first kappa shape index (κ1) is 15.2. The van der Waals surface area contributed by atoms with E-state index in [0.717, 1.165) is 37.3 Å². The van der Waals surface area contributed by atoms with Gasteiger partial charge in [-0.15, -0.1) is 0 Å². The van der Waals surface area contributed by atoms with Crippen LogP contribution in [0.25, 0.3) is 0 Å². The molecular weight excluding hydrogens is 304 g/mol. The lowest BCUT2D eigenvalue weighted by atomic mass is 9.74. The van der Waals surface area contributed by atoms with Crippen molar-refractivity contribution in [3.05, 3.63) is 40.6 Å². The zero-order valence-electron chi connectivity index (χ0n) is 14.1. The number of methoxy groups -OCH3 is 1. The maximum atomic E-state index is 12.5. The maximum Gasteiger partial charge on any atom is 0.166 e. The van der Waals surface area contributed by atoms with Crippen molar-refractivity contribution in [3.8, 4) is 5.75 Å². The van der Waals surface area contributed by atoms with Crippen LogP contribution >= 0.6 is 0 Å². The minimum Gasteiger partial charge on any atom is -0.497 e. The van der Waals surface area contributed by atoms with E-state index in [9.17, 15) is 10.0 Å². The van der Waals surface area contributed by atoms with E-state index < -0.39 is 0 Å². The van der Waals surface area contributed by atoms with Crippen LogP contribution < -0.4 is 4.74 Å². The maximum absolute atomic E-state index is 12.5. The Morgan fingerprint density at radius 2 is 2.12 bits per heavy atom. The Balaban J connectivity index is 1.86. The predicted octanol–water partition coefficient (Wildman–Crippen LogP) is 3.08. The smallest absolute Gasteiger partial charge is 0.166 e. The standard InChI is InChI=1S/C19H22N2O3/c1-11-18(20-23)17-15(4-3-5-16(17)22)21-9-8-12-10-13(24-2)6-7-14(12)19(11)21/h6-7,10-11,19,23H,3-5,8-9H2,1-2H3/b20-18-/t11-,19+/m0/s1. The van der Waals surface area contributed by atoms with E-state index in [1.54, 1.807) is 7.11 Å². The Morgan fingerprint density at radius 3 is 2.88 bits per heavy atom. The van der Waals surface area contributed by atoms with Crippen LogP contribution in [0.1, 0.15) is 43.4 Å². The molecule has 0 saturated heterocycles. The molecule has 2 heterocycles. The van der Waals surface area contributed by atoms with Crippen LogP contribution in [0.4, 0.5) is 0 Å². The fourth-order valence-corrected chi connectivity index (χ4v) is 4.53. The molecular formula is C19H22N2O3. The van der Waals surface area contributed by atoms with E-state index in [1.807, 2.05) is 6.07 Å². The highest BCUT2D eigenvalue weighted by atomic mass is 16.5. The number of hydrogen-bond donors (Lipinski definition) is 1. The third-order valence-corrected chi connectivity index (χ3v) is 5.63. The molecule has 5 heteroatoms. The van der Waals surface area contributed by atoms with Gasteiger partial charge in [-0.2, -0.15) is 0 Å². The third kappa shape index (κ3) is 2.07. The van der Waals surface area contributed by atoms with Crippen molar-refractivity contribution in [2.75, 3.05) is 13.7 Å². The van der Waals surface area contributed by atoms with Crippen molar-refractivity contribution in [3.63, 3.8) is 0 Å². The molecule has 1 aliphatic carbocycles. The van der Waals surface area contributed by atoms with E-state index >= 15 is 0 Å². The molecule has 2 aliphatic heterocycles. The quantitative estimate of drug-likeness (QED) is 0.636. The Kier molecular flexibility index (Phi) is 3.59. The van der Waals surface area contributed by atoms with Crippen LogP contribution in [0.3, 0.4) is 0 Å². The first-order valence-electron chi connectivity index (χ1n) is 8.57. The first-order valence-corrected chi connectivity index (χ1v) is 8.57. The molecule has 24 heavy (non-hydrogen) atoms. The topological polar surface area (TPSA) is 62.1 Å². The number of ether oxygens (including phenoxy) is 1. The van der Waals surface area contributed by atoms with Gasteiger partial charge in [-0.1, -0.05) is 18.1 Å². The number of Topliss-reactive ketones (excluding diaryl/α,β-unsaturated/α-hetero) is 1. The Hall–Kier alpha value is -2.30. The first-order chi connectivity index (χ1) is 11.7. The number of rotatable bonds is 1. The van der Waals surface area contributed by atoms with Crippen molar-refractivity contribution in [2.45, 2.75) is 38.6 Å². The van der Waals surface area contributed by atoms with Crippen LogP contribution in [0.2, 0.25) is 0 Å². The molecule has 126 valence electrons. The molecule has 1 aromatic rings. The molecule has 0 bridgehead atoms. The molecule has 0 unspecified atom stereocenters. The molecule has 5 nitrogen and oxygen atoms in total. The van der Waals surface area contributed by atoms with E-state index in [0.29, 0.717) is 17.7 Å². The summed E-state index contributed by atoms with van der Waals surface area (Å²) in [5, 5.41) is 13.1. The summed E-state index contributed by atoms with van der Waals surface area (Å²) in [6, 6.07) is 6.33. The lowest BCUT2D eigenvalue weighted by molar-refractivity contribution is -0.116. The minimum atomic E-state index is -0.0248. The van der Waals surface area contributed by atoms with Gasteiger partial charge in [-0.25, -0.2) is 0 Å². The van der Waals surface area contributed by atoms with Crippen molar-refractivity contribution in [2.24, 2.45) is 11.1 Å². The normalized spacial score (nSPS) is 27.7. The number of oxime groups is 1. The Bertz CT molecular complexity index is 766. The van der Waals surface area contributed by atoms with Crippen molar-refractivity contribution in [1.82, 2.24) is 4.90 Å². The number of ketones is 1. The molecule has 4 rings (SSSR count). The molecule has 1 N–H and O–H groups in total. The molecule has 0 fully saturated rings. The largest absolute Gasteiger partial charge is 0.497 e. The van der Waals surface area contributed by atoms with Gasteiger partial charge in [0, 0.05) is 24.6 Å². The van der Waals surface area contributed by atoms with E-state index in [4.69, 9.17) is 4.74 Å². The second-order valence-corrected chi connectivity index (χ2v) is 6.83. The SMILES string of the molecule is COc1ccc2c(c1)CCN1C3=C(C(=O)CCC3)/C(=N\O)[C@H](C)[C@H]21. The van der Waals surface area contributed by atoms with Crippen LogP contribution in [-0.2, 0) is 11.2 Å². The van der Waals surface area contributed by atoms with Gasteiger partial charge in [0.1, 0.15) is 5.75 Å². The van der Waals surface area contributed by atoms with Gasteiger partial charge in [0.2, 0.25) is 0 Å². The van der Waals surface area contributed by atoms with Gasteiger partial charge in [-0.3, -0.25) is 4.79 Å². The number of benzene rings is 1. The number of hydrogen-bond acceptors (Lipinski definition) is 5. The number of nitrogens with zero attached hydrogens (tertiary/aromatic N) is 2. The van der Waals surface area contributed by atoms with Crippen LogP contribution in [0.15, 0.2) is 34.6 Å². The highest BCUT2D eigenvalue weighted by Gasteiger charge is 2.44. The molecule has 1 aromatic carbocycles. The minimum absolute atomic E-state index is 0.0248. The highest BCUT2D eigenvalue weighted by Crippen LogP contribution is 2.46. The third-order valence-electron chi connectivity index (χ3n) is 5.63. The summed E-state index contributed by atoms with van der Waals surface area (Å²) in [6.07, 6.45) is 3.25. The highest BCUT2D eigenvalue weighted by molar-refractivity contribution is 6.24. The zero-order valence-corrected chi connectivity index (χ0v) is 14.1. The number of carbonyl (C=O) groups excluding carboxylic acids is 1. The average Bonchev–Trinajstić information content (AvgIpc) is 2.61. The molecule has 0 radical (unpaired) electrons. The summed E-state index contributed by atoms with van der Waals surface area (Å²) < 4.78 is 5.35. The zero-order chi connectivity index (χ0) is 16.8. The van der Waals surface area contributed by atoms with Gasteiger partial charge in [0.15, 0.2) is 5.78 Å². The fraction of sp³-hybridized carbons (Fsp3) is 0.474. The number of fused-ring (bicyclic) bond motifs is 4. The van der Waals surface area contributed by atoms with Gasteiger partial charge in [-0.05, 0) is 42.5 Å². The van der Waals surface area contributed by atoms with Crippen molar-refractivity contribution < 1.29 is 14.7 Å². The lowest BCUT2D eigenvalue weighted by Gasteiger charge is -2.48. The Morgan fingerprint density at radius 1 is 1.29 bits per heavy atom. The lowest BCUT2D eigenvalue weighted by Crippen LogP contribution is -2.47. The van der Waals surface area contributed by atoms with Gasteiger partial charge in [0.05, 0.1) is 24.4 Å². The Labute approximate surface area is 141 Å². The molecule has 0 amide bonds. The van der Waals surface area contributed by atoms with E-state index in [1.165, 1.54) is 11.1 Å². The van der Waals surface area contributed by atoms with E-state index in [-0.39, 0.29) is 17.7 Å². The van der Waals surface area contributed by atoms with E-state index in [2.05, 4.69) is 29.1 Å². The van der Waals surface area contributed by atoms with Gasteiger partial charge >= 0.3 is 0 Å². The summed E-state index contributed by atoms with van der Waals surface area (Å²) in [5.41, 5.74) is 4.83. The second kappa shape index (κ2) is 5.65. The summed E-state index contributed by atoms with van der Waals surface area (Å²) in [5.74, 6) is 0.965. The van der Waals surface area contributed by atoms with Crippen LogP contribution in [0, 0.1) is 5.92 Å². The monoisotopic (exact) mass is 326 g/mol. The fourth-order valence-electron chi connectivity index (χ4n) is 4.53. The van der Waals surface area contributed by atoms with Gasteiger partial charge in [0.25, 0.3) is 0 Å². The predicted molar refractivity (Wildman–Crippen MR) is 90.4 cm³/mol. The molecule has 2 atom stereocenters. The number of allylic oxidation sites excluding steroid dienone is 2. The summed E-state index contributed by atoms with van der Waals surface area (Å²) in [4.78, 5) is 14.8. The van der Waals surface area contributed by atoms with Crippen LogP contribution in [0.5, 0.6) is 5.75 Å². The van der Waals surface area contributed by atoms with Crippen molar-refractivity contribution >= 4 is 11.5 Å². The van der Waals surface area contributed by atoms with Crippen LogP contribution in [-0.4, -0.2) is 35.3 Å². The number of carbonyl (C=O) groups is 1.